The molecule has 0 saturated carbocycles. The van der Waals surface area contributed by atoms with Gasteiger partial charge in [0.15, 0.2) is 0 Å². The normalized spacial score (nSPS) is 16.0. The number of aliphatic carboxylic acids is 2. The van der Waals surface area contributed by atoms with Crippen LogP contribution >= 0.6 is 0 Å². The molecule has 49 heavy (non-hydrogen) atoms. The summed E-state index contributed by atoms with van der Waals surface area (Å²) in [5.74, 6) is -7.22. The Morgan fingerprint density at radius 1 is 0.653 bits per heavy atom. The topological polar surface area (TPSA) is 246 Å². The average Bonchev–Trinajstić information content (AvgIpc) is 3.03. The fraction of sp³-hybridized carbons (Fsp3) is 0.618. The zero-order valence-electron chi connectivity index (χ0n) is 29.4. The van der Waals surface area contributed by atoms with E-state index in [1.165, 1.54) is 6.92 Å². The molecule has 0 fully saturated rings. The van der Waals surface area contributed by atoms with Gasteiger partial charge in [0.2, 0.25) is 29.5 Å². The average molecular weight is 691 g/mol. The molecule has 0 aromatic heterocycles. The maximum atomic E-state index is 13.8. The molecule has 0 radical (unpaired) electrons. The highest BCUT2D eigenvalue weighted by Gasteiger charge is 2.35. The number of nitrogens with one attached hydrogen (secondary N) is 5. The molecular formula is C34H54N6O9. The van der Waals surface area contributed by atoms with Crippen molar-refractivity contribution in [2.24, 2.45) is 23.5 Å². The second kappa shape index (κ2) is 20.8. The number of amides is 5. The Morgan fingerprint density at radius 2 is 1.16 bits per heavy atom. The van der Waals surface area contributed by atoms with E-state index in [1.807, 2.05) is 13.8 Å². The number of rotatable bonds is 21. The summed E-state index contributed by atoms with van der Waals surface area (Å²) >= 11 is 0. The molecule has 274 valence electrons. The summed E-state index contributed by atoms with van der Waals surface area (Å²) in [5.41, 5.74) is 6.60. The van der Waals surface area contributed by atoms with Crippen LogP contribution in [0.25, 0.3) is 0 Å². The molecular weight excluding hydrogens is 636 g/mol. The van der Waals surface area contributed by atoms with Crippen molar-refractivity contribution in [3.8, 4) is 0 Å². The van der Waals surface area contributed by atoms with Gasteiger partial charge in [0, 0.05) is 6.42 Å². The van der Waals surface area contributed by atoms with Crippen LogP contribution in [0.1, 0.15) is 79.7 Å². The molecule has 5 amide bonds. The van der Waals surface area contributed by atoms with Crippen LogP contribution in [-0.2, 0) is 40.0 Å². The zero-order chi connectivity index (χ0) is 37.4. The van der Waals surface area contributed by atoms with E-state index >= 15 is 0 Å². The van der Waals surface area contributed by atoms with Gasteiger partial charge in [-0.15, -0.1) is 0 Å². The Labute approximate surface area is 287 Å². The van der Waals surface area contributed by atoms with E-state index in [0.717, 1.165) is 0 Å². The molecule has 1 rings (SSSR count). The Balaban J connectivity index is 3.26. The molecule has 0 heterocycles. The van der Waals surface area contributed by atoms with Crippen molar-refractivity contribution in [2.45, 2.75) is 117 Å². The SMILES string of the molecule is CC[C@H](C)[C@H](NC(=O)[C@H](C)NC(=O)[C@H](Cc1ccccc1)NC(=O)[C@@H](NC(=O)[C@H](CC(=O)O)NC(=O)[C@@H](N)CC(C)C)[C@@H](C)CC)C(=O)O. The van der Waals surface area contributed by atoms with Crippen LogP contribution in [0.3, 0.4) is 0 Å². The molecule has 8 atom stereocenters. The number of carboxylic acid groups (broad SMARTS) is 2. The van der Waals surface area contributed by atoms with Crippen LogP contribution < -0.4 is 32.3 Å². The molecule has 15 heteroatoms. The van der Waals surface area contributed by atoms with E-state index in [9.17, 15) is 43.8 Å². The Kier molecular flexibility index (Phi) is 18.0. The van der Waals surface area contributed by atoms with E-state index < -0.39 is 90.1 Å². The van der Waals surface area contributed by atoms with Gasteiger partial charge in [0.05, 0.1) is 12.5 Å². The number of hydrogen-bond acceptors (Lipinski definition) is 8. The lowest BCUT2D eigenvalue weighted by Gasteiger charge is -2.29. The molecule has 0 spiro atoms. The lowest BCUT2D eigenvalue weighted by Crippen LogP contribution is -2.60. The van der Waals surface area contributed by atoms with Crippen LogP contribution in [0.15, 0.2) is 30.3 Å². The van der Waals surface area contributed by atoms with Crippen molar-refractivity contribution in [3.63, 3.8) is 0 Å². The second-order valence-corrected chi connectivity index (χ2v) is 13.0. The lowest BCUT2D eigenvalue weighted by molar-refractivity contribution is -0.144. The minimum Gasteiger partial charge on any atom is -0.481 e. The lowest BCUT2D eigenvalue weighted by atomic mass is 9.96. The number of nitrogens with two attached hydrogens (primary N) is 1. The first-order chi connectivity index (χ1) is 22.9. The number of carbonyl (C=O) groups is 7. The summed E-state index contributed by atoms with van der Waals surface area (Å²) in [6.45, 7) is 12.0. The van der Waals surface area contributed by atoms with Gasteiger partial charge >= 0.3 is 11.9 Å². The van der Waals surface area contributed by atoms with Crippen molar-refractivity contribution in [1.29, 1.82) is 0 Å². The first-order valence-electron chi connectivity index (χ1n) is 16.7. The van der Waals surface area contributed by atoms with Crippen molar-refractivity contribution in [2.75, 3.05) is 0 Å². The van der Waals surface area contributed by atoms with Crippen molar-refractivity contribution in [1.82, 2.24) is 26.6 Å². The highest BCUT2D eigenvalue weighted by molar-refractivity contribution is 5.97. The summed E-state index contributed by atoms with van der Waals surface area (Å²) in [7, 11) is 0. The number of carboxylic acids is 2. The van der Waals surface area contributed by atoms with Crippen LogP contribution in [0.4, 0.5) is 0 Å². The molecule has 1 aromatic carbocycles. The van der Waals surface area contributed by atoms with E-state index in [-0.39, 0.29) is 18.3 Å². The van der Waals surface area contributed by atoms with Crippen molar-refractivity contribution < 1.29 is 43.8 Å². The van der Waals surface area contributed by atoms with Gasteiger partial charge in [-0.1, -0.05) is 84.7 Å². The van der Waals surface area contributed by atoms with E-state index in [2.05, 4.69) is 26.6 Å². The number of carbonyl (C=O) groups excluding carboxylic acids is 5. The van der Waals surface area contributed by atoms with Gasteiger partial charge in [-0.05, 0) is 36.7 Å². The fourth-order valence-corrected chi connectivity index (χ4v) is 4.89. The molecule has 0 aliphatic heterocycles. The smallest absolute Gasteiger partial charge is 0.326 e. The van der Waals surface area contributed by atoms with E-state index in [0.29, 0.717) is 24.8 Å². The Hall–Kier alpha value is -4.53. The Morgan fingerprint density at radius 3 is 1.67 bits per heavy atom. The number of benzene rings is 1. The third-order valence-electron chi connectivity index (χ3n) is 8.31. The van der Waals surface area contributed by atoms with Gasteiger partial charge in [-0.2, -0.15) is 0 Å². The highest BCUT2D eigenvalue weighted by atomic mass is 16.4. The third kappa shape index (κ3) is 14.6. The maximum Gasteiger partial charge on any atom is 0.326 e. The Bertz CT molecular complexity index is 1290. The highest BCUT2D eigenvalue weighted by Crippen LogP contribution is 2.12. The molecule has 0 unspecified atom stereocenters. The summed E-state index contributed by atoms with van der Waals surface area (Å²) in [6, 6.07) is 1.42. The molecule has 9 N–H and O–H groups in total. The minimum atomic E-state index is -1.53. The molecule has 1 aromatic rings. The number of hydrogen-bond donors (Lipinski definition) is 8. The third-order valence-corrected chi connectivity index (χ3v) is 8.31. The van der Waals surface area contributed by atoms with E-state index in [4.69, 9.17) is 5.73 Å². The van der Waals surface area contributed by atoms with Gasteiger partial charge in [0.1, 0.15) is 30.2 Å². The maximum absolute atomic E-state index is 13.8. The molecule has 0 aliphatic rings. The largest absolute Gasteiger partial charge is 0.481 e. The molecule has 15 nitrogen and oxygen atoms in total. The first-order valence-corrected chi connectivity index (χ1v) is 16.7. The standard InChI is InChI=1S/C34H54N6O9/c1-8-19(5)27(39-32(46)25(17-26(41)42)37-30(44)23(35)15-18(3)4)33(47)38-24(16-22-13-11-10-12-14-22)31(45)36-21(7)29(43)40-28(34(48)49)20(6)9-2/h10-14,18-21,23-25,27-28H,8-9,15-17,35H2,1-7H3,(H,36,45)(H,37,44)(H,38,47)(H,39,46)(H,40,43)(H,41,42)(H,48,49)/t19-,20-,21-,23-,24-,25-,27-,28-/m0/s1. The van der Waals surface area contributed by atoms with Gasteiger partial charge in [-0.25, -0.2) is 4.79 Å². The van der Waals surface area contributed by atoms with E-state index in [1.54, 1.807) is 58.0 Å². The first kappa shape index (κ1) is 42.5. The van der Waals surface area contributed by atoms with Crippen LogP contribution in [0.2, 0.25) is 0 Å². The van der Waals surface area contributed by atoms with Crippen molar-refractivity contribution in [3.05, 3.63) is 35.9 Å². The van der Waals surface area contributed by atoms with Crippen molar-refractivity contribution >= 4 is 41.5 Å². The van der Waals surface area contributed by atoms with Crippen LogP contribution in [0.5, 0.6) is 0 Å². The van der Waals surface area contributed by atoms with Crippen LogP contribution in [0, 0.1) is 17.8 Å². The molecule has 0 saturated heterocycles. The predicted molar refractivity (Wildman–Crippen MR) is 182 cm³/mol. The zero-order valence-corrected chi connectivity index (χ0v) is 29.4. The fourth-order valence-electron chi connectivity index (χ4n) is 4.89. The summed E-state index contributed by atoms with van der Waals surface area (Å²) in [4.78, 5) is 89.5. The summed E-state index contributed by atoms with van der Waals surface area (Å²) < 4.78 is 0. The van der Waals surface area contributed by atoms with Gasteiger partial charge in [-0.3, -0.25) is 28.8 Å². The summed E-state index contributed by atoms with van der Waals surface area (Å²) in [5, 5.41) is 31.6. The molecule has 0 bridgehead atoms. The second-order valence-electron chi connectivity index (χ2n) is 13.0. The summed E-state index contributed by atoms with van der Waals surface area (Å²) in [6.07, 6.45) is 0.436. The minimum absolute atomic E-state index is 0.00395. The van der Waals surface area contributed by atoms with Gasteiger partial charge in [0.25, 0.3) is 0 Å². The quantitative estimate of drug-likeness (QED) is 0.0897. The van der Waals surface area contributed by atoms with Gasteiger partial charge < -0.3 is 42.5 Å². The predicted octanol–water partition coefficient (Wildman–Crippen LogP) is 0.698. The monoisotopic (exact) mass is 690 g/mol. The molecule has 0 aliphatic carbocycles. The van der Waals surface area contributed by atoms with Crippen LogP contribution in [-0.4, -0.2) is 87.9 Å².